The number of anilines is 5. The molecule has 0 spiro atoms. The maximum absolute atomic E-state index is 12.0. The van der Waals surface area contributed by atoms with E-state index in [0.29, 0.717) is 34.7 Å². The summed E-state index contributed by atoms with van der Waals surface area (Å²) in [6, 6.07) is 16.2. The van der Waals surface area contributed by atoms with Crippen LogP contribution in [0.2, 0.25) is 0 Å². The molecule has 0 atom stereocenters. The number of nitrogens with one attached hydrogen (secondary N) is 2. The molecule has 5 aromatic rings. The molecule has 42 nitrogen and oxygen atoms in total. The molecule has 0 fully saturated rings. The van der Waals surface area contributed by atoms with Crippen LogP contribution in [-0.2, 0) is 119 Å². The number of amides is 7. The minimum atomic E-state index is -1.06. The van der Waals surface area contributed by atoms with Gasteiger partial charge in [0.2, 0.25) is 11.1 Å². The van der Waals surface area contributed by atoms with E-state index >= 15 is 0 Å². The Morgan fingerprint density at radius 1 is 0.386 bits per heavy atom. The average Bonchev–Trinajstić information content (AvgIpc) is 0.863. The first-order chi connectivity index (χ1) is 59.3. The lowest BCUT2D eigenvalue weighted by Crippen LogP contribution is -2.37. The number of nitrogens with zero attached hydrogens (tertiary/aromatic N) is 12. The fourth-order valence-corrected chi connectivity index (χ4v) is 8.48. The van der Waals surface area contributed by atoms with Crippen LogP contribution in [0.15, 0.2) is 91.6 Å². The van der Waals surface area contributed by atoms with Gasteiger partial charge in [-0.1, -0.05) is 83.7 Å². The van der Waals surface area contributed by atoms with E-state index in [1.165, 1.54) is 96.5 Å². The van der Waals surface area contributed by atoms with Crippen LogP contribution in [0.5, 0.6) is 0 Å². The molecule has 5 aromatic heterocycles. The highest BCUT2D eigenvalue weighted by molar-refractivity contribution is 6.62. The maximum atomic E-state index is 12.0. The third kappa shape index (κ3) is 60.0. The highest BCUT2D eigenvalue weighted by Gasteiger charge is 2.27. The summed E-state index contributed by atoms with van der Waals surface area (Å²) >= 11 is 30.2. The molecular formula is C79H116Cl6N14O28. The standard InChI is InChI=1S/C17H24ClN3O6.C15H23N3O4.C14H18ClN3O5.C13H17ClN2O4.C8H15NO4.C7H10N2O.C2H2Cl2O2.C2H3ClO.CH4O/c1-17(2,3)27-15(23)20(4)9-13(22)25-10-12-7-6-8-19-14(12)21(5)16(24)26-11-18;1-15(2,3)22-14(20)18(5)9-12(19)21-10-11-7-6-8-17-13(11)16-4;1-10(19)17(2)7-12(20)22-8-11-5-4-6-16-13(11)18(3)14(21)23-9-15;1-3-5-11(17)19-8-10-6-4-7-15-12(10)16(2)13(18)20-9-14;1-8(2,3)13-7(12)9(4)5-6(10)11;1-8-7-6(5-10)3-2-4-9-7;3-1-6-2(4)5;1-2(3)4;1-2/h6-8H,9-11H2,1-5H3;6-8H,9-10H2,1-5H3,(H,16,17);4-6H,7-9H2,1-3H3;4,6-7H,3,5,8-9H2,1-2H3;5H2,1-4H3,(H,10,11);2-4,10H,5H2,1H3,(H,8,9);1H2;1H3;2H,1H3. The molecule has 0 bridgehead atoms. The zero-order valence-electron chi connectivity index (χ0n) is 74.9. The van der Waals surface area contributed by atoms with Gasteiger partial charge in [-0.25, -0.2) is 58.5 Å². The summed E-state index contributed by atoms with van der Waals surface area (Å²) in [7, 11) is 14.7. The monoisotopic (exact) mass is 1920 g/mol. The summed E-state index contributed by atoms with van der Waals surface area (Å²) < 4.78 is 53.8. The maximum Gasteiger partial charge on any atom is 0.416 e. The number of aliphatic hydroxyl groups excluding tert-OH is 2. The molecule has 48 heteroatoms. The Morgan fingerprint density at radius 2 is 0.646 bits per heavy atom. The first-order valence-electron chi connectivity index (χ1n) is 37.3. The molecule has 0 aliphatic heterocycles. The number of carboxylic acids is 1. The van der Waals surface area contributed by atoms with E-state index in [2.05, 4.69) is 73.0 Å². The lowest BCUT2D eigenvalue weighted by Gasteiger charge is -2.24. The first kappa shape index (κ1) is 122. The molecule has 0 saturated carbocycles. The van der Waals surface area contributed by atoms with Crippen molar-refractivity contribution in [3.8, 4) is 0 Å². The number of pyridine rings is 5. The Bertz CT molecular complexity index is 4160. The quantitative estimate of drug-likeness (QED) is 0.0134. The van der Waals surface area contributed by atoms with Crippen molar-refractivity contribution >= 4 is 182 Å². The van der Waals surface area contributed by atoms with Crippen LogP contribution >= 0.6 is 69.6 Å². The summed E-state index contributed by atoms with van der Waals surface area (Å²) in [6.45, 7) is 19.2. The van der Waals surface area contributed by atoms with Crippen molar-refractivity contribution < 1.29 is 135 Å². The molecule has 5 rings (SSSR count). The molecule has 5 heterocycles. The van der Waals surface area contributed by atoms with Crippen molar-refractivity contribution in [3.05, 3.63) is 119 Å². The van der Waals surface area contributed by atoms with Crippen LogP contribution in [-0.4, -0.2) is 281 Å². The van der Waals surface area contributed by atoms with Gasteiger partial charge in [-0.3, -0.25) is 48.3 Å². The van der Waals surface area contributed by atoms with Gasteiger partial charge in [0.15, 0.2) is 24.3 Å². The Morgan fingerprint density at radius 3 is 0.890 bits per heavy atom. The number of esters is 4. The molecular weight excluding hydrogens is 1810 g/mol. The van der Waals surface area contributed by atoms with Crippen molar-refractivity contribution in [2.75, 3.05) is 146 Å². The van der Waals surface area contributed by atoms with E-state index in [1.54, 1.807) is 137 Å². The predicted molar refractivity (Wildman–Crippen MR) is 472 cm³/mol. The molecule has 7 amide bonds. The van der Waals surface area contributed by atoms with Crippen molar-refractivity contribution in [1.82, 2.24) is 44.5 Å². The lowest BCUT2D eigenvalue weighted by atomic mass is 10.2. The minimum absolute atomic E-state index is 0.0318. The van der Waals surface area contributed by atoms with Crippen molar-refractivity contribution in [2.45, 2.75) is 146 Å². The fourth-order valence-electron chi connectivity index (χ4n) is 7.99. The van der Waals surface area contributed by atoms with E-state index in [4.69, 9.17) is 99.6 Å². The van der Waals surface area contributed by atoms with Gasteiger partial charge in [0.05, 0.1) is 6.61 Å². The van der Waals surface area contributed by atoms with Gasteiger partial charge in [-0.15, -0.1) is 0 Å². The number of likely N-dealkylation sites (N-methyl/N-ethyl adjacent to an activating group) is 4. The van der Waals surface area contributed by atoms with E-state index in [0.717, 1.165) is 50.1 Å². The molecule has 0 radical (unpaired) electrons. The minimum Gasteiger partial charge on any atom is -0.480 e. The largest absolute Gasteiger partial charge is 0.480 e. The molecule has 127 heavy (non-hydrogen) atoms. The smallest absolute Gasteiger partial charge is 0.416 e. The van der Waals surface area contributed by atoms with Crippen LogP contribution in [0.1, 0.15) is 124 Å². The summed E-state index contributed by atoms with van der Waals surface area (Å²) in [5.41, 5.74) is 0.470. The number of alkyl halides is 4. The SMILES string of the molecule is CC(=O)Cl.CC(=O)N(C)CC(=O)OCc1cccnc1N(C)C(=O)OCCl.CCCC(=O)OCc1cccnc1N(C)C(=O)OCCl.CN(CC(=O)O)C(=O)OC(C)(C)C.CN(CC(=O)OCc1cccnc1N(C)C(=O)OCCl)C(=O)OC(C)(C)C.CNc1ncccc1CO.CNc1ncccc1COC(=O)CN(C)C(=O)OC(C)(C)C.CO.O=C(Cl)OCCl. The third-order valence-corrected chi connectivity index (χ3v) is 14.2. The molecule has 0 aliphatic carbocycles. The number of aliphatic carboxylic acids is 1. The second-order valence-electron chi connectivity index (χ2n) is 27.5. The number of carbonyl (C=O) groups is 14. The Hall–Kier alpha value is -11.4. The molecule has 0 aromatic carbocycles. The second kappa shape index (κ2) is 67.9. The summed E-state index contributed by atoms with van der Waals surface area (Å²) in [5.74, 6) is -0.995. The lowest BCUT2D eigenvalue weighted by molar-refractivity contribution is -0.149. The van der Waals surface area contributed by atoms with E-state index in [9.17, 15) is 67.1 Å². The third-order valence-electron chi connectivity index (χ3n) is 13.6. The van der Waals surface area contributed by atoms with E-state index in [1.807, 2.05) is 19.1 Å². The Balaban J connectivity index is -0.000000709. The van der Waals surface area contributed by atoms with E-state index < -0.39 is 82.7 Å². The molecule has 0 aliphatic rings. The number of carbonyl (C=O) groups excluding carboxylic acids is 13. The number of hydrogen-bond donors (Lipinski definition) is 5. The van der Waals surface area contributed by atoms with Crippen molar-refractivity contribution in [3.63, 3.8) is 0 Å². The Labute approximate surface area is 768 Å². The number of carboxylic acid groups (broad SMARTS) is 1. The highest BCUT2D eigenvalue weighted by atomic mass is 35.5. The van der Waals surface area contributed by atoms with Gasteiger partial charge in [0, 0.05) is 161 Å². The van der Waals surface area contributed by atoms with Crippen LogP contribution < -0.4 is 25.3 Å². The Kier molecular flexibility index (Phi) is 65.1. The van der Waals surface area contributed by atoms with Crippen LogP contribution in [0, 0.1) is 0 Å². The normalized spacial score (nSPS) is 9.97. The number of aromatic nitrogens is 5. The van der Waals surface area contributed by atoms with Gasteiger partial charge >= 0.3 is 71.8 Å². The summed E-state index contributed by atoms with van der Waals surface area (Å²) in [4.78, 5) is 185. The highest BCUT2D eigenvalue weighted by Crippen LogP contribution is 2.23. The zero-order chi connectivity index (χ0) is 98.3. The first-order valence-corrected chi connectivity index (χ1v) is 40.2. The molecule has 5 N–H and O–H groups in total. The number of aliphatic hydroxyl groups is 2. The number of ether oxygens (including phenoxy) is 11. The van der Waals surface area contributed by atoms with Gasteiger partial charge in [-0.05, 0) is 111 Å². The number of hydrogen-bond acceptors (Lipinski definition) is 34. The molecule has 712 valence electrons. The molecule has 0 unspecified atom stereocenters. The van der Waals surface area contributed by atoms with Gasteiger partial charge in [0.25, 0.3) is 0 Å². The zero-order valence-corrected chi connectivity index (χ0v) is 79.5. The van der Waals surface area contributed by atoms with E-state index in [-0.39, 0.29) is 112 Å². The molecule has 0 saturated heterocycles. The summed E-state index contributed by atoms with van der Waals surface area (Å²) in [6.07, 6.45) is 5.11. The van der Waals surface area contributed by atoms with Gasteiger partial charge in [-0.2, -0.15) is 0 Å². The predicted octanol–water partition coefficient (Wildman–Crippen LogP) is 12.4. The van der Waals surface area contributed by atoms with Gasteiger partial charge in [0.1, 0.15) is 98.5 Å². The van der Waals surface area contributed by atoms with Gasteiger partial charge < -0.3 is 97.7 Å². The topological polar surface area (TPSA) is 512 Å². The second-order valence-corrected chi connectivity index (χ2v) is 29.2. The number of rotatable bonds is 28. The number of halogens is 6. The fraction of sp³-hybridized carbons (Fsp3) is 0.506. The van der Waals surface area contributed by atoms with Crippen molar-refractivity contribution in [2.24, 2.45) is 0 Å². The van der Waals surface area contributed by atoms with Crippen LogP contribution in [0.25, 0.3) is 0 Å². The van der Waals surface area contributed by atoms with Crippen molar-refractivity contribution in [1.29, 1.82) is 0 Å². The van der Waals surface area contributed by atoms with Crippen LogP contribution in [0.3, 0.4) is 0 Å². The summed E-state index contributed by atoms with van der Waals surface area (Å²) in [5, 5.41) is 29.6. The average molecular weight is 1920 g/mol. The van der Waals surface area contributed by atoms with Crippen LogP contribution in [0.4, 0.5) is 62.7 Å².